The first kappa shape index (κ1) is 17.3. The Bertz CT molecular complexity index is 640. The predicted octanol–water partition coefficient (Wildman–Crippen LogP) is 4.10. The third kappa shape index (κ3) is 4.99. The smallest absolute Gasteiger partial charge is 0.261 e. The molecule has 0 bridgehead atoms. The zero-order valence-corrected chi connectivity index (χ0v) is 15.0. The van der Waals surface area contributed by atoms with Gasteiger partial charge in [0.15, 0.2) is 6.10 Å². The van der Waals surface area contributed by atoms with Crippen molar-refractivity contribution in [1.29, 1.82) is 0 Å². The molecule has 0 aliphatic heterocycles. The van der Waals surface area contributed by atoms with Crippen LogP contribution < -0.4 is 14.8 Å². The van der Waals surface area contributed by atoms with Crippen LogP contribution in [0.15, 0.2) is 53.0 Å². The summed E-state index contributed by atoms with van der Waals surface area (Å²) < 4.78 is 11.8. The van der Waals surface area contributed by atoms with Gasteiger partial charge < -0.3 is 14.8 Å². The average Bonchev–Trinajstić information content (AvgIpc) is 2.56. The molecule has 23 heavy (non-hydrogen) atoms. The first-order chi connectivity index (χ1) is 11.0. The Morgan fingerprint density at radius 3 is 2.13 bits per heavy atom. The molecule has 0 unspecified atom stereocenters. The number of ether oxygens (including phenoxy) is 2. The van der Waals surface area contributed by atoms with Crippen LogP contribution in [0.2, 0.25) is 0 Å². The van der Waals surface area contributed by atoms with E-state index in [0.29, 0.717) is 5.75 Å². The lowest BCUT2D eigenvalue weighted by Gasteiger charge is -2.19. The van der Waals surface area contributed by atoms with Gasteiger partial charge >= 0.3 is 0 Å². The molecule has 1 N–H and O–H groups in total. The SMILES string of the molecule is COc1ccc([C@H](C)NC(=O)[C@H](C)Oc2ccc(Br)cc2)cc1. The van der Waals surface area contributed by atoms with E-state index in [2.05, 4.69) is 21.2 Å². The monoisotopic (exact) mass is 377 g/mol. The highest BCUT2D eigenvalue weighted by molar-refractivity contribution is 9.10. The first-order valence-electron chi connectivity index (χ1n) is 7.36. The van der Waals surface area contributed by atoms with Crippen molar-refractivity contribution in [2.24, 2.45) is 0 Å². The quantitative estimate of drug-likeness (QED) is 0.823. The molecule has 0 aliphatic carbocycles. The number of methoxy groups -OCH3 is 1. The van der Waals surface area contributed by atoms with Crippen molar-refractivity contribution in [3.8, 4) is 11.5 Å². The van der Waals surface area contributed by atoms with Crippen LogP contribution in [0.3, 0.4) is 0 Å². The summed E-state index contributed by atoms with van der Waals surface area (Å²) >= 11 is 3.37. The summed E-state index contributed by atoms with van der Waals surface area (Å²) in [5.41, 5.74) is 1.01. The van der Waals surface area contributed by atoms with E-state index >= 15 is 0 Å². The van der Waals surface area contributed by atoms with Crippen molar-refractivity contribution in [2.75, 3.05) is 7.11 Å². The molecule has 0 heterocycles. The minimum Gasteiger partial charge on any atom is -0.497 e. The summed E-state index contributed by atoms with van der Waals surface area (Å²) in [5, 5.41) is 2.95. The van der Waals surface area contributed by atoms with Crippen LogP contribution in [-0.2, 0) is 4.79 Å². The second-order valence-corrected chi connectivity index (χ2v) is 6.13. The number of hydrogen-bond donors (Lipinski definition) is 1. The molecule has 1 amide bonds. The molecule has 122 valence electrons. The minimum absolute atomic E-state index is 0.107. The maximum Gasteiger partial charge on any atom is 0.261 e. The van der Waals surface area contributed by atoms with Crippen LogP contribution >= 0.6 is 15.9 Å². The molecule has 0 spiro atoms. The topological polar surface area (TPSA) is 47.6 Å². The molecule has 0 fully saturated rings. The number of hydrogen-bond acceptors (Lipinski definition) is 3. The highest BCUT2D eigenvalue weighted by Gasteiger charge is 2.17. The van der Waals surface area contributed by atoms with E-state index in [-0.39, 0.29) is 11.9 Å². The van der Waals surface area contributed by atoms with Crippen molar-refractivity contribution in [3.05, 3.63) is 58.6 Å². The Kier molecular flexibility index (Phi) is 6.04. The van der Waals surface area contributed by atoms with Crippen molar-refractivity contribution in [1.82, 2.24) is 5.32 Å². The zero-order chi connectivity index (χ0) is 16.8. The van der Waals surface area contributed by atoms with Gasteiger partial charge in [0.05, 0.1) is 13.2 Å². The zero-order valence-electron chi connectivity index (χ0n) is 13.4. The van der Waals surface area contributed by atoms with E-state index in [1.54, 1.807) is 14.0 Å². The van der Waals surface area contributed by atoms with Crippen molar-refractivity contribution in [3.63, 3.8) is 0 Å². The summed E-state index contributed by atoms with van der Waals surface area (Å²) in [5.74, 6) is 1.29. The van der Waals surface area contributed by atoms with Gasteiger partial charge in [0, 0.05) is 4.47 Å². The highest BCUT2D eigenvalue weighted by Crippen LogP contribution is 2.19. The summed E-state index contributed by atoms with van der Waals surface area (Å²) in [7, 11) is 1.63. The van der Waals surface area contributed by atoms with Crippen molar-refractivity contribution in [2.45, 2.75) is 26.0 Å². The Labute approximate surface area is 144 Å². The van der Waals surface area contributed by atoms with Crippen LogP contribution in [0, 0.1) is 0 Å². The molecule has 0 aliphatic rings. The molecule has 0 radical (unpaired) electrons. The third-order valence-corrected chi connectivity index (χ3v) is 4.00. The maximum atomic E-state index is 12.3. The van der Waals surface area contributed by atoms with E-state index in [1.165, 1.54) is 0 Å². The van der Waals surface area contributed by atoms with Gasteiger partial charge in [-0.05, 0) is 55.8 Å². The van der Waals surface area contributed by atoms with Gasteiger partial charge in [-0.1, -0.05) is 28.1 Å². The normalized spacial score (nSPS) is 13.0. The fourth-order valence-corrected chi connectivity index (χ4v) is 2.34. The molecule has 0 saturated carbocycles. The van der Waals surface area contributed by atoms with Crippen LogP contribution in [0.4, 0.5) is 0 Å². The average molecular weight is 378 g/mol. The molecule has 0 aromatic heterocycles. The van der Waals surface area contributed by atoms with E-state index < -0.39 is 6.10 Å². The number of carbonyl (C=O) groups is 1. The van der Waals surface area contributed by atoms with E-state index in [1.807, 2.05) is 55.5 Å². The number of amides is 1. The van der Waals surface area contributed by atoms with Crippen LogP contribution in [0.25, 0.3) is 0 Å². The lowest BCUT2D eigenvalue weighted by molar-refractivity contribution is -0.127. The fraction of sp³-hybridized carbons (Fsp3) is 0.278. The Balaban J connectivity index is 1.92. The second kappa shape index (κ2) is 8.02. The van der Waals surface area contributed by atoms with Gasteiger partial charge in [0.1, 0.15) is 11.5 Å². The molecule has 0 saturated heterocycles. The van der Waals surface area contributed by atoms with Gasteiger partial charge in [-0.2, -0.15) is 0 Å². The van der Waals surface area contributed by atoms with Crippen LogP contribution in [0.5, 0.6) is 11.5 Å². The van der Waals surface area contributed by atoms with E-state index in [0.717, 1.165) is 15.8 Å². The lowest BCUT2D eigenvalue weighted by Crippen LogP contribution is -2.37. The minimum atomic E-state index is -0.572. The predicted molar refractivity (Wildman–Crippen MR) is 93.8 cm³/mol. The number of rotatable bonds is 6. The Hall–Kier alpha value is -2.01. The molecule has 5 heteroatoms. The largest absolute Gasteiger partial charge is 0.497 e. The van der Waals surface area contributed by atoms with Gasteiger partial charge in [-0.25, -0.2) is 0 Å². The first-order valence-corrected chi connectivity index (χ1v) is 8.15. The summed E-state index contributed by atoms with van der Waals surface area (Å²) in [6.07, 6.45) is -0.572. The van der Waals surface area contributed by atoms with Gasteiger partial charge in [0.2, 0.25) is 0 Å². The molecule has 2 aromatic rings. The van der Waals surface area contributed by atoms with Gasteiger partial charge in [-0.3, -0.25) is 4.79 Å². The molecule has 2 rings (SSSR count). The maximum absolute atomic E-state index is 12.3. The summed E-state index contributed by atoms with van der Waals surface area (Å²) in [6.45, 7) is 3.67. The van der Waals surface area contributed by atoms with Crippen molar-refractivity contribution < 1.29 is 14.3 Å². The van der Waals surface area contributed by atoms with E-state index in [9.17, 15) is 4.79 Å². The Morgan fingerprint density at radius 2 is 1.57 bits per heavy atom. The molecule has 4 nitrogen and oxygen atoms in total. The van der Waals surface area contributed by atoms with Gasteiger partial charge in [-0.15, -0.1) is 0 Å². The fourth-order valence-electron chi connectivity index (χ4n) is 2.08. The van der Waals surface area contributed by atoms with Gasteiger partial charge in [0.25, 0.3) is 5.91 Å². The van der Waals surface area contributed by atoms with Crippen LogP contribution in [-0.4, -0.2) is 19.1 Å². The van der Waals surface area contributed by atoms with Crippen molar-refractivity contribution >= 4 is 21.8 Å². The number of nitrogens with one attached hydrogen (secondary N) is 1. The molecular formula is C18H20BrNO3. The molecule has 2 atom stereocenters. The third-order valence-electron chi connectivity index (χ3n) is 3.47. The molecular weight excluding hydrogens is 358 g/mol. The summed E-state index contributed by atoms with van der Waals surface area (Å²) in [4.78, 5) is 12.3. The number of carbonyl (C=O) groups excluding carboxylic acids is 1. The highest BCUT2D eigenvalue weighted by atomic mass is 79.9. The number of halogens is 1. The second-order valence-electron chi connectivity index (χ2n) is 5.22. The molecule has 2 aromatic carbocycles. The Morgan fingerprint density at radius 1 is 1.00 bits per heavy atom. The van der Waals surface area contributed by atoms with E-state index in [4.69, 9.17) is 9.47 Å². The number of benzene rings is 2. The lowest BCUT2D eigenvalue weighted by atomic mass is 10.1. The summed E-state index contributed by atoms with van der Waals surface area (Å²) in [6, 6.07) is 14.9. The van der Waals surface area contributed by atoms with Crippen LogP contribution in [0.1, 0.15) is 25.5 Å². The standard InChI is InChI=1S/C18H20BrNO3/c1-12(14-4-8-16(22-3)9-5-14)20-18(21)13(2)23-17-10-6-15(19)7-11-17/h4-13H,1-3H3,(H,20,21)/t12-,13-/m0/s1.